The molecule has 0 saturated carbocycles. The Kier molecular flexibility index (Phi) is 4.99. The van der Waals surface area contributed by atoms with Gasteiger partial charge in [-0.3, -0.25) is 0 Å². The SMILES string of the molecule is Cc1cc(/C=C(/C#N)c2ccc(Cl)c(Cl)c2)c(C)n1-c1ccccc1. The van der Waals surface area contributed by atoms with Crippen molar-refractivity contribution < 1.29 is 0 Å². The van der Waals surface area contributed by atoms with E-state index < -0.39 is 0 Å². The van der Waals surface area contributed by atoms with Crippen LogP contribution in [0.3, 0.4) is 0 Å². The molecule has 0 bridgehead atoms. The molecule has 25 heavy (non-hydrogen) atoms. The van der Waals surface area contributed by atoms with Crippen LogP contribution in [0.4, 0.5) is 0 Å². The first-order valence-corrected chi connectivity index (χ1v) is 8.58. The third-order valence-corrected chi connectivity index (χ3v) is 4.87. The Hall–Kier alpha value is -2.47. The minimum Gasteiger partial charge on any atom is -0.318 e. The van der Waals surface area contributed by atoms with Crippen molar-refractivity contribution >= 4 is 34.9 Å². The van der Waals surface area contributed by atoms with Gasteiger partial charge >= 0.3 is 0 Å². The molecule has 0 unspecified atom stereocenters. The van der Waals surface area contributed by atoms with Gasteiger partial charge in [0.25, 0.3) is 0 Å². The van der Waals surface area contributed by atoms with Crippen LogP contribution >= 0.6 is 23.2 Å². The van der Waals surface area contributed by atoms with Crippen LogP contribution in [0.5, 0.6) is 0 Å². The molecule has 0 fully saturated rings. The number of aromatic nitrogens is 1. The van der Waals surface area contributed by atoms with Gasteiger partial charge in [-0.15, -0.1) is 0 Å². The molecule has 3 rings (SSSR count). The predicted octanol–water partition coefficient (Wildman–Crippen LogP) is 6.47. The fourth-order valence-electron chi connectivity index (χ4n) is 2.91. The molecule has 1 heterocycles. The van der Waals surface area contributed by atoms with Crippen molar-refractivity contribution in [2.45, 2.75) is 13.8 Å². The zero-order valence-corrected chi connectivity index (χ0v) is 15.4. The number of allylic oxidation sites excluding steroid dienone is 1. The molecule has 3 aromatic rings. The molecule has 4 heteroatoms. The summed E-state index contributed by atoms with van der Waals surface area (Å²) in [6, 6.07) is 19.7. The van der Waals surface area contributed by atoms with Gasteiger partial charge in [0.1, 0.15) is 0 Å². The molecular weight excluding hydrogens is 351 g/mol. The second-order valence-corrected chi connectivity index (χ2v) is 6.61. The summed E-state index contributed by atoms with van der Waals surface area (Å²) in [5.74, 6) is 0. The third kappa shape index (κ3) is 3.49. The molecule has 0 amide bonds. The molecule has 124 valence electrons. The highest BCUT2D eigenvalue weighted by molar-refractivity contribution is 6.42. The first-order chi connectivity index (χ1) is 12.0. The molecule has 0 aliphatic heterocycles. The highest BCUT2D eigenvalue weighted by Gasteiger charge is 2.11. The van der Waals surface area contributed by atoms with E-state index in [1.54, 1.807) is 18.2 Å². The molecule has 0 spiro atoms. The first kappa shape index (κ1) is 17.4. The van der Waals surface area contributed by atoms with Gasteiger partial charge in [0.15, 0.2) is 0 Å². The van der Waals surface area contributed by atoms with Crippen molar-refractivity contribution in [2.75, 3.05) is 0 Å². The summed E-state index contributed by atoms with van der Waals surface area (Å²) in [5, 5.41) is 10.5. The maximum Gasteiger partial charge on any atom is 0.0998 e. The molecule has 0 aliphatic rings. The molecule has 1 aromatic heterocycles. The van der Waals surface area contributed by atoms with Gasteiger partial charge in [-0.2, -0.15) is 5.26 Å². The molecule has 0 saturated heterocycles. The number of nitriles is 1. The summed E-state index contributed by atoms with van der Waals surface area (Å²) < 4.78 is 2.18. The van der Waals surface area contributed by atoms with Gasteiger partial charge in [0.2, 0.25) is 0 Å². The fraction of sp³-hybridized carbons (Fsp3) is 0.0952. The Balaban J connectivity index is 2.09. The van der Waals surface area contributed by atoms with Gasteiger partial charge in [0, 0.05) is 17.1 Å². The van der Waals surface area contributed by atoms with E-state index in [2.05, 4.69) is 42.7 Å². The third-order valence-electron chi connectivity index (χ3n) is 4.14. The maximum absolute atomic E-state index is 9.58. The van der Waals surface area contributed by atoms with Crippen molar-refractivity contribution in [1.29, 1.82) is 5.26 Å². The number of para-hydroxylation sites is 1. The van der Waals surface area contributed by atoms with Crippen LogP contribution in [-0.2, 0) is 0 Å². The van der Waals surface area contributed by atoms with E-state index in [-0.39, 0.29) is 0 Å². The normalized spacial score (nSPS) is 11.4. The average Bonchev–Trinajstić information content (AvgIpc) is 2.89. The standard InChI is InChI=1S/C21H16Cl2N2/c1-14-10-17(15(2)25(14)19-6-4-3-5-7-19)11-18(13-24)16-8-9-20(22)21(23)12-16/h3-12H,1-2H3/b18-11-. The number of hydrogen-bond acceptors (Lipinski definition) is 1. The Bertz CT molecular complexity index is 993. The van der Waals surface area contributed by atoms with Crippen LogP contribution in [0.1, 0.15) is 22.5 Å². The summed E-state index contributed by atoms with van der Waals surface area (Å²) in [6.07, 6.45) is 1.89. The van der Waals surface area contributed by atoms with Crippen LogP contribution in [0, 0.1) is 25.2 Å². The molecule has 0 aliphatic carbocycles. The molecule has 2 aromatic carbocycles. The maximum atomic E-state index is 9.58. The molecule has 0 atom stereocenters. The minimum absolute atomic E-state index is 0.440. The van der Waals surface area contributed by atoms with E-state index in [4.69, 9.17) is 23.2 Å². The van der Waals surface area contributed by atoms with Crippen molar-refractivity contribution in [3.8, 4) is 11.8 Å². The highest BCUT2D eigenvalue weighted by Crippen LogP contribution is 2.29. The Morgan fingerprint density at radius 3 is 2.36 bits per heavy atom. The lowest BCUT2D eigenvalue weighted by atomic mass is 10.0. The number of halogens is 2. The van der Waals surface area contributed by atoms with Gasteiger partial charge in [-0.25, -0.2) is 0 Å². The smallest absolute Gasteiger partial charge is 0.0998 e. The number of nitrogens with zero attached hydrogens (tertiary/aromatic N) is 2. The molecule has 0 radical (unpaired) electrons. The van der Waals surface area contributed by atoms with E-state index in [0.29, 0.717) is 15.6 Å². The Labute approximate surface area is 157 Å². The minimum atomic E-state index is 0.440. The zero-order chi connectivity index (χ0) is 18.0. The highest BCUT2D eigenvalue weighted by atomic mass is 35.5. The van der Waals surface area contributed by atoms with Crippen LogP contribution in [0.25, 0.3) is 17.3 Å². The van der Waals surface area contributed by atoms with Crippen molar-refractivity contribution in [2.24, 2.45) is 0 Å². The quantitative estimate of drug-likeness (QED) is 0.488. The summed E-state index contributed by atoms with van der Waals surface area (Å²) >= 11 is 12.1. The largest absolute Gasteiger partial charge is 0.318 e. The van der Waals surface area contributed by atoms with Crippen molar-refractivity contribution in [3.05, 3.63) is 87.2 Å². The number of aryl methyl sites for hydroxylation is 1. The van der Waals surface area contributed by atoms with Crippen LogP contribution in [0.15, 0.2) is 54.6 Å². The molecule has 0 N–H and O–H groups in total. The zero-order valence-electron chi connectivity index (χ0n) is 13.9. The monoisotopic (exact) mass is 366 g/mol. The molecular formula is C21H16Cl2N2. The lowest BCUT2D eigenvalue weighted by Gasteiger charge is -2.09. The van der Waals surface area contributed by atoms with Gasteiger partial charge < -0.3 is 4.57 Å². The molecule has 2 nitrogen and oxygen atoms in total. The number of hydrogen-bond donors (Lipinski definition) is 0. The van der Waals surface area contributed by atoms with Crippen molar-refractivity contribution in [1.82, 2.24) is 4.57 Å². The summed E-state index contributed by atoms with van der Waals surface area (Å²) in [7, 11) is 0. The predicted molar refractivity (Wildman–Crippen MR) is 105 cm³/mol. The summed E-state index contributed by atoms with van der Waals surface area (Å²) in [5.41, 5.74) is 5.60. The van der Waals surface area contributed by atoms with Gasteiger partial charge in [-0.05, 0) is 61.4 Å². The van der Waals surface area contributed by atoms with E-state index >= 15 is 0 Å². The summed E-state index contributed by atoms with van der Waals surface area (Å²) in [6.45, 7) is 4.11. The Morgan fingerprint density at radius 1 is 1.00 bits per heavy atom. The van der Waals surface area contributed by atoms with Crippen LogP contribution < -0.4 is 0 Å². The van der Waals surface area contributed by atoms with E-state index in [0.717, 1.165) is 28.2 Å². The topological polar surface area (TPSA) is 28.7 Å². The lowest BCUT2D eigenvalue weighted by molar-refractivity contribution is 0.964. The average molecular weight is 367 g/mol. The van der Waals surface area contributed by atoms with E-state index in [9.17, 15) is 5.26 Å². The van der Waals surface area contributed by atoms with E-state index in [1.165, 1.54) is 0 Å². The van der Waals surface area contributed by atoms with Crippen molar-refractivity contribution in [3.63, 3.8) is 0 Å². The second-order valence-electron chi connectivity index (χ2n) is 5.80. The second kappa shape index (κ2) is 7.19. The van der Waals surface area contributed by atoms with Gasteiger partial charge in [0.05, 0.1) is 21.7 Å². The summed E-state index contributed by atoms with van der Waals surface area (Å²) in [4.78, 5) is 0. The number of benzene rings is 2. The number of rotatable bonds is 3. The first-order valence-electron chi connectivity index (χ1n) is 7.83. The van der Waals surface area contributed by atoms with Crippen LogP contribution in [-0.4, -0.2) is 4.57 Å². The fourth-order valence-corrected chi connectivity index (χ4v) is 3.21. The van der Waals surface area contributed by atoms with Gasteiger partial charge in [-0.1, -0.05) is 47.5 Å². The van der Waals surface area contributed by atoms with Crippen LogP contribution in [0.2, 0.25) is 10.0 Å². The lowest BCUT2D eigenvalue weighted by Crippen LogP contribution is -1.98. The Morgan fingerprint density at radius 2 is 1.72 bits per heavy atom. The van der Waals surface area contributed by atoms with E-state index in [1.807, 2.05) is 24.3 Å².